The lowest BCUT2D eigenvalue weighted by molar-refractivity contribution is -0.157. The van der Waals surface area contributed by atoms with Crippen molar-refractivity contribution in [2.75, 3.05) is 12.5 Å². The number of hydrogen-bond donors (Lipinski definition) is 0. The molecule has 1 fully saturated rings. The lowest BCUT2D eigenvalue weighted by Gasteiger charge is -2.58. The SMILES string of the molecule is CSC1(SC)C(N(Cc2ccccc2)Cc2ccccc2)C(=O)N1Cc1ccccc1. The standard InChI is InChI=1S/C26H28N2OS2/c1-30-26(31-2)24(25(29)28(26)20-23-16-10-5-11-17-23)27(18-21-12-6-3-7-13-21)19-22-14-8-4-9-15-22/h3-17,24H,18-20H2,1-2H3. The van der Waals surface area contributed by atoms with Gasteiger partial charge in [-0.25, -0.2) is 0 Å². The molecule has 0 saturated carbocycles. The molecule has 0 bridgehead atoms. The predicted octanol–water partition coefficient (Wildman–Crippen LogP) is 5.48. The van der Waals surface area contributed by atoms with Gasteiger partial charge in [-0.3, -0.25) is 9.69 Å². The van der Waals surface area contributed by atoms with Crippen LogP contribution in [0.1, 0.15) is 16.7 Å². The molecule has 5 heteroatoms. The van der Waals surface area contributed by atoms with E-state index < -0.39 is 0 Å². The first-order valence-electron chi connectivity index (χ1n) is 10.5. The van der Waals surface area contributed by atoms with Crippen molar-refractivity contribution in [3.05, 3.63) is 108 Å². The molecule has 0 aromatic heterocycles. The third kappa shape index (κ3) is 4.54. The smallest absolute Gasteiger partial charge is 0.246 e. The second-order valence-electron chi connectivity index (χ2n) is 7.73. The maximum atomic E-state index is 13.6. The molecular weight excluding hydrogens is 420 g/mol. The minimum absolute atomic E-state index is 0.179. The maximum Gasteiger partial charge on any atom is 0.246 e. The number of rotatable bonds is 9. The molecule has 4 rings (SSSR count). The summed E-state index contributed by atoms with van der Waals surface area (Å²) < 4.78 is -0.309. The number of likely N-dealkylation sites (tertiary alicyclic amines) is 1. The summed E-state index contributed by atoms with van der Waals surface area (Å²) in [6, 6.07) is 31.0. The number of amides is 1. The summed E-state index contributed by atoms with van der Waals surface area (Å²) in [6.45, 7) is 2.13. The quantitative estimate of drug-likeness (QED) is 0.319. The van der Waals surface area contributed by atoms with Gasteiger partial charge >= 0.3 is 0 Å². The highest BCUT2D eigenvalue weighted by molar-refractivity contribution is 8.17. The summed E-state index contributed by atoms with van der Waals surface area (Å²) in [5, 5.41) is 0. The van der Waals surface area contributed by atoms with Gasteiger partial charge in [-0.2, -0.15) is 0 Å². The fourth-order valence-electron chi connectivity index (χ4n) is 4.28. The number of β-lactam (4-membered cyclic amide) rings is 1. The number of carbonyl (C=O) groups excluding carboxylic acids is 1. The number of benzene rings is 3. The molecule has 1 amide bonds. The van der Waals surface area contributed by atoms with Crippen LogP contribution in [-0.4, -0.2) is 38.5 Å². The van der Waals surface area contributed by atoms with Crippen LogP contribution in [0, 0.1) is 0 Å². The van der Waals surface area contributed by atoms with Gasteiger partial charge in [0.1, 0.15) is 6.04 Å². The predicted molar refractivity (Wildman–Crippen MR) is 133 cm³/mol. The highest BCUT2D eigenvalue weighted by Crippen LogP contribution is 2.52. The van der Waals surface area contributed by atoms with Gasteiger partial charge in [0, 0.05) is 19.6 Å². The maximum absolute atomic E-state index is 13.6. The van der Waals surface area contributed by atoms with Gasteiger partial charge in [-0.15, -0.1) is 23.5 Å². The molecule has 3 aromatic rings. The largest absolute Gasteiger partial charge is 0.311 e. The molecule has 0 aliphatic carbocycles. The molecule has 1 unspecified atom stereocenters. The van der Waals surface area contributed by atoms with Gasteiger partial charge in [-0.05, 0) is 29.2 Å². The van der Waals surface area contributed by atoms with E-state index in [1.807, 2.05) is 35.2 Å². The molecule has 1 saturated heterocycles. The van der Waals surface area contributed by atoms with Crippen molar-refractivity contribution in [2.45, 2.75) is 29.9 Å². The van der Waals surface area contributed by atoms with E-state index >= 15 is 0 Å². The summed E-state index contributed by atoms with van der Waals surface area (Å²) in [5.74, 6) is 0.208. The first-order chi connectivity index (χ1) is 15.2. The van der Waals surface area contributed by atoms with E-state index in [2.05, 4.69) is 78.1 Å². The molecule has 1 aliphatic rings. The van der Waals surface area contributed by atoms with Gasteiger partial charge < -0.3 is 4.90 Å². The van der Waals surface area contributed by atoms with Crippen LogP contribution in [0.15, 0.2) is 91.0 Å². The molecule has 0 N–H and O–H groups in total. The Morgan fingerprint density at radius 2 is 1.16 bits per heavy atom. The third-order valence-corrected chi connectivity index (χ3v) is 8.87. The Bertz CT molecular complexity index is 937. The van der Waals surface area contributed by atoms with Gasteiger partial charge in [0.05, 0.1) is 0 Å². The van der Waals surface area contributed by atoms with Crippen LogP contribution in [0.25, 0.3) is 0 Å². The van der Waals surface area contributed by atoms with Gasteiger partial charge in [0.25, 0.3) is 0 Å². The summed E-state index contributed by atoms with van der Waals surface area (Å²) in [7, 11) is 0. The Hall–Kier alpha value is -2.21. The Kier molecular flexibility index (Phi) is 7.06. The minimum Gasteiger partial charge on any atom is -0.311 e. The van der Waals surface area contributed by atoms with Crippen LogP contribution < -0.4 is 0 Å². The molecule has 1 aliphatic heterocycles. The van der Waals surface area contributed by atoms with Crippen molar-refractivity contribution >= 4 is 29.4 Å². The topological polar surface area (TPSA) is 23.6 Å². The van der Waals surface area contributed by atoms with Crippen LogP contribution in [0.4, 0.5) is 0 Å². The van der Waals surface area contributed by atoms with Crippen molar-refractivity contribution in [1.29, 1.82) is 0 Å². The summed E-state index contributed by atoms with van der Waals surface area (Å²) >= 11 is 3.55. The first-order valence-corrected chi connectivity index (χ1v) is 12.9. The molecule has 160 valence electrons. The fraction of sp³-hybridized carbons (Fsp3) is 0.269. The number of hydrogen-bond acceptors (Lipinski definition) is 4. The van der Waals surface area contributed by atoms with E-state index in [9.17, 15) is 4.79 Å². The summed E-state index contributed by atoms with van der Waals surface area (Å²) in [4.78, 5) is 18.0. The number of nitrogens with zero attached hydrogens (tertiary/aromatic N) is 2. The summed E-state index contributed by atoms with van der Waals surface area (Å²) in [5.41, 5.74) is 3.62. The number of carbonyl (C=O) groups is 1. The van der Waals surface area contributed by atoms with Crippen LogP contribution >= 0.6 is 23.5 Å². The summed E-state index contributed by atoms with van der Waals surface area (Å²) in [6.07, 6.45) is 4.24. The van der Waals surface area contributed by atoms with E-state index in [1.165, 1.54) is 16.7 Å². The Morgan fingerprint density at radius 1 is 0.742 bits per heavy atom. The lowest BCUT2D eigenvalue weighted by Crippen LogP contribution is -2.75. The fourth-order valence-corrected chi connectivity index (χ4v) is 6.64. The van der Waals surface area contributed by atoms with Crippen molar-refractivity contribution in [1.82, 2.24) is 9.80 Å². The van der Waals surface area contributed by atoms with Crippen molar-refractivity contribution in [2.24, 2.45) is 0 Å². The lowest BCUT2D eigenvalue weighted by atomic mass is 10.0. The van der Waals surface area contributed by atoms with E-state index in [-0.39, 0.29) is 16.2 Å². The van der Waals surface area contributed by atoms with Crippen LogP contribution in [0.5, 0.6) is 0 Å². The zero-order chi connectivity index (χ0) is 21.7. The van der Waals surface area contributed by atoms with Crippen molar-refractivity contribution in [3.63, 3.8) is 0 Å². The zero-order valence-corrected chi connectivity index (χ0v) is 19.6. The molecule has 3 aromatic carbocycles. The van der Waals surface area contributed by atoms with E-state index in [0.29, 0.717) is 6.54 Å². The third-order valence-electron chi connectivity index (χ3n) is 5.81. The zero-order valence-electron chi connectivity index (χ0n) is 18.0. The van der Waals surface area contributed by atoms with Gasteiger partial charge in [0.2, 0.25) is 5.91 Å². The monoisotopic (exact) mass is 448 g/mol. The molecular formula is C26H28N2OS2. The van der Waals surface area contributed by atoms with E-state index in [4.69, 9.17) is 0 Å². The first kappa shape index (κ1) is 22.0. The van der Waals surface area contributed by atoms with Gasteiger partial charge in [-0.1, -0.05) is 91.0 Å². The highest BCUT2D eigenvalue weighted by atomic mass is 32.2. The molecule has 0 radical (unpaired) electrons. The minimum atomic E-state index is -0.309. The van der Waals surface area contributed by atoms with Crippen LogP contribution in [0.2, 0.25) is 0 Å². The average molecular weight is 449 g/mol. The second kappa shape index (κ2) is 9.94. The van der Waals surface area contributed by atoms with E-state index in [1.54, 1.807) is 23.5 Å². The second-order valence-corrected chi connectivity index (χ2v) is 10.0. The van der Waals surface area contributed by atoms with Crippen molar-refractivity contribution < 1.29 is 4.79 Å². The average Bonchev–Trinajstić information content (AvgIpc) is 2.82. The molecule has 3 nitrogen and oxygen atoms in total. The van der Waals surface area contributed by atoms with Crippen molar-refractivity contribution in [3.8, 4) is 0 Å². The van der Waals surface area contributed by atoms with Crippen LogP contribution in [0.3, 0.4) is 0 Å². The molecule has 0 spiro atoms. The Morgan fingerprint density at radius 3 is 1.58 bits per heavy atom. The highest BCUT2D eigenvalue weighted by Gasteiger charge is 2.61. The molecule has 1 heterocycles. The molecule has 31 heavy (non-hydrogen) atoms. The van der Waals surface area contributed by atoms with Gasteiger partial charge in [0.15, 0.2) is 4.20 Å². The Labute approximate surface area is 193 Å². The van der Waals surface area contributed by atoms with E-state index in [0.717, 1.165) is 13.1 Å². The Balaban J connectivity index is 1.64. The normalized spacial score (nSPS) is 17.6. The number of thioether (sulfide) groups is 2. The van der Waals surface area contributed by atoms with Crippen LogP contribution in [-0.2, 0) is 24.4 Å². The molecule has 1 atom stereocenters.